The summed E-state index contributed by atoms with van der Waals surface area (Å²) in [7, 11) is 3.38. The Labute approximate surface area is 172 Å². The molecule has 0 aliphatic heterocycles. The second kappa shape index (κ2) is 11.6. The normalized spacial score (nSPS) is 10.8. The van der Waals surface area contributed by atoms with Gasteiger partial charge in [0.1, 0.15) is 0 Å². The lowest BCUT2D eigenvalue weighted by molar-refractivity contribution is 0.311. The molecule has 144 valence electrons. The van der Waals surface area contributed by atoms with E-state index in [0.29, 0.717) is 24.1 Å². The van der Waals surface area contributed by atoms with Crippen molar-refractivity contribution in [2.24, 2.45) is 4.99 Å². The van der Waals surface area contributed by atoms with Gasteiger partial charge in [0.05, 0.1) is 19.9 Å². The van der Waals surface area contributed by atoms with Gasteiger partial charge in [-0.2, -0.15) is 5.10 Å². The number of aliphatic imine (C=N–C) groups is 1. The van der Waals surface area contributed by atoms with E-state index in [1.807, 2.05) is 49.1 Å². The topological polar surface area (TPSA) is 72.7 Å². The van der Waals surface area contributed by atoms with Gasteiger partial charge >= 0.3 is 0 Å². The molecule has 8 heteroatoms. The zero-order valence-electron chi connectivity index (χ0n) is 15.8. The zero-order chi connectivity index (χ0) is 18.1. The summed E-state index contributed by atoms with van der Waals surface area (Å²) in [6, 6.07) is 5.71. The molecular formula is C18H28IN5O2. The SMILES string of the molecule is CCOc1cc(NC(=NC)NCCCn2cc(C)cn2)ccc1OC.I. The van der Waals surface area contributed by atoms with Crippen LogP contribution in [-0.2, 0) is 6.54 Å². The average molecular weight is 473 g/mol. The third kappa shape index (κ3) is 6.74. The molecule has 1 heterocycles. The number of methoxy groups -OCH3 is 1. The minimum atomic E-state index is 0. The van der Waals surface area contributed by atoms with Crippen LogP contribution in [-0.4, -0.2) is 43.0 Å². The number of nitrogens with one attached hydrogen (secondary N) is 2. The van der Waals surface area contributed by atoms with Crippen molar-refractivity contribution in [1.29, 1.82) is 0 Å². The number of benzene rings is 1. The fourth-order valence-electron chi connectivity index (χ4n) is 2.38. The predicted molar refractivity (Wildman–Crippen MR) is 116 cm³/mol. The van der Waals surface area contributed by atoms with Crippen LogP contribution < -0.4 is 20.1 Å². The molecule has 2 rings (SSSR count). The van der Waals surface area contributed by atoms with Gasteiger partial charge in [-0.05, 0) is 38.0 Å². The van der Waals surface area contributed by atoms with Crippen LogP contribution in [0.2, 0.25) is 0 Å². The van der Waals surface area contributed by atoms with Gasteiger partial charge in [-0.25, -0.2) is 0 Å². The second-order valence-corrected chi connectivity index (χ2v) is 5.56. The van der Waals surface area contributed by atoms with Crippen LogP contribution >= 0.6 is 24.0 Å². The molecule has 0 atom stereocenters. The lowest BCUT2D eigenvalue weighted by Gasteiger charge is -2.14. The van der Waals surface area contributed by atoms with E-state index >= 15 is 0 Å². The van der Waals surface area contributed by atoms with Crippen molar-refractivity contribution in [3.63, 3.8) is 0 Å². The van der Waals surface area contributed by atoms with Crippen molar-refractivity contribution in [1.82, 2.24) is 15.1 Å². The van der Waals surface area contributed by atoms with Gasteiger partial charge < -0.3 is 20.1 Å². The minimum Gasteiger partial charge on any atom is -0.493 e. The fraction of sp³-hybridized carbons (Fsp3) is 0.444. The molecule has 0 unspecified atom stereocenters. The maximum absolute atomic E-state index is 5.60. The standard InChI is InChI=1S/C18H27N5O2.HI/c1-5-25-17-11-15(7-8-16(17)24-4)22-18(19-3)20-9-6-10-23-13-14(2)12-21-23;/h7-8,11-13H,5-6,9-10H2,1-4H3,(H2,19,20,22);1H. The first kappa shape index (κ1) is 22.1. The Morgan fingerprint density at radius 3 is 2.73 bits per heavy atom. The molecule has 0 aliphatic carbocycles. The first-order valence-corrected chi connectivity index (χ1v) is 8.43. The quantitative estimate of drug-likeness (QED) is 0.267. The van der Waals surface area contributed by atoms with Crippen molar-refractivity contribution in [2.45, 2.75) is 26.8 Å². The molecule has 0 bridgehead atoms. The van der Waals surface area contributed by atoms with Gasteiger partial charge in [-0.3, -0.25) is 9.67 Å². The van der Waals surface area contributed by atoms with E-state index < -0.39 is 0 Å². The molecule has 0 amide bonds. The van der Waals surface area contributed by atoms with Gasteiger partial charge in [0.15, 0.2) is 17.5 Å². The Bertz CT molecular complexity index is 703. The summed E-state index contributed by atoms with van der Waals surface area (Å²) in [4.78, 5) is 4.25. The summed E-state index contributed by atoms with van der Waals surface area (Å²) in [5.74, 6) is 2.13. The molecule has 0 saturated heterocycles. The van der Waals surface area contributed by atoms with Crippen LogP contribution in [0.15, 0.2) is 35.6 Å². The number of nitrogens with zero attached hydrogens (tertiary/aromatic N) is 3. The Kier molecular flexibility index (Phi) is 9.85. The van der Waals surface area contributed by atoms with Crippen molar-refractivity contribution < 1.29 is 9.47 Å². The van der Waals surface area contributed by atoms with Crippen LogP contribution in [0.25, 0.3) is 0 Å². The number of hydrogen-bond acceptors (Lipinski definition) is 4. The van der Waals surface area contributed by atoms with Gasteiger partial charge in [-0.1, -0.05) is 0 Å². The van der Waals surface area contributed by atoms with Crippen LogP contribution in [0, 0.1) is 6.92 Å². The van der Waals surface area contributed by atoms with Crippen LogP contribution in [0.1, 0.15) is 18.9 Å². The molecule has 7 nitrogen and oxygen atoms in total. The molecule has 1 aromatic heterocycles. The van der Waals surface area contributed by atoms with E-state index in [9.17, 15) is 0 Å². The highest BCUT2D eigenvalue weighted by Gasteiger charge is 2.07. The maximum Gasteiger partial charge on any atom is 0.195 e. The Hall–Kier alpha value is -1.97. The van der Waals surface area contributed by atoms with Crippen LogP contribution in [0.5, 0.6) is 11.5 Å². The van der Waals surface area contributed by atoms with E-state index in [2.05, 4.69) is 20.7 Å². The molecule has 2 aromatic rings. The number of anilines is 1. The average Bonchev–Trinajstić information content (AvgIpc) is 3.03. The van der Waals surface area contributed by atoms with Crippen LogP contribution in [0.4, 0.5) is 5.69 Å². The summed E-state index contributed by atoms with van der Waals surface area (Å²) >= 11 is 0. The maximum atomic E-state index is 5.60. The molecule has 0 spiro atoms. The van der Waals surface area contributed by atoms with Crippen molar-refractivity contribution >= 4 is 35.6 Å². The number of aromatic nitrogens is 2. The summed E-state index contributed by atoms with van der Waals surface area (Å²) in [5.41, 5.74) is 2.06. The predicted octanol–water partition coefficient (Wildman–Crippen LogP) is 3.29. The monoisotopic (exact) mass is 473 g/mol. The van der Waals surface area contributed by atoms with E-state index in [4.69, 9.17) is 9.47 Å². The number of halogens is 1. The van der Waals surface area contributed by atoms with Gasteiger partial charge in [0.25, 0.3) is 0 Å². The molecular weight excluding hydrogens is 445 g/mol. The number of rotatable bonds is 8. The molecule has 0 saturated carbocycles. The smallest absolute Gasteiger partial charge is 0.195 e. The summed E-state index contributed by atoms with van der Waals surface area (Å²) < 4.78 is 12.8. The first-order valence-electron chi connectivity index (χ1n) is 8.43. The Morgan fingerprint density at radius 1 is 1.31 bits per heavy atom. The lowest BCUT2D eigenvalue weighted by Crippen LogP contribution is -2.31. The minimum absolute atomic E-state index is 0. The van der Waals surface area contributed by atoms with E-state index in [1.165, 1.54) is 5.56 Å². The largest absolute Gasteiger partial charge is 0.493 e. The number of aryl methyl sites for hydroxylation is 2. The highest BCUT2D eigenvalue weighted by Crippen LogP contribution is 2.30. The Balaban J connectivity index is 0.00000338. The number of guanidine groups is 1. The van der Waals surface area contributed by atoms with E-state index in [0.717, 1.165) is 25.2 Å². The molecule has 0 radical (unpaired) electrons. The zero-order valence-corrected chi connectivity index (χ0v) is 18.1. The van der Waals surface area contributed by atoms with Gasteiger partial charge in [-0.15, -0.1) is 24.0 Å². The summed E-state index contributed by atoms with van der Waals surface area (Å²) in [5, 5.41) is 10.8. The second-order valence-electron chi connectivity index (χ2n) is 5.56. The molecule has 26 heavy (non-hydrogen) atoms. The van der Waals surface area contributed by atoms with Crippen molar-refractivity contribution in [2.75, 3.05) is 32.6 Å². The summed E-state index contributed by atoms with van der Waals surface area (Å²) in [6.07, 6.45) is 4.86. The van der Waals surface area contributed by atoms with E-state index in [1.54, 1.807) is 14.2 Å². The first-order chi connectivity index (χ1) is 12.2. The molecule has 1 aromatic carbocycles. The van der Waals surface area contributed by atoms with Gasteiger partial charge in [0, 0.05) is 38.1 Å². The summed E-state index contributed by atoms with van der Waals surface area (Å²) in [6.45, 7) is 6.24. The lowest BCUT2D eigenvalue weighted by atomic mass is 10.2. The fourth-order valence-corrected chi connectivity index (χ4v) is 2.38. The van der Waals surface area contributed by atoms with Crippen molar-refractivity contribution in [3.8, 4) is 11.5 Å². The Morgan fingerprint density at radius 2 is 2.12 bits per heavy atom. The number of ether oxygens (including phenoxy) is 2. The highest BCUT2D eigenvalue weighted by molar-refractivity contribution is 14.0. The third-order valence-electron chi connectivity index (χ3n) is 3.57. The molecule has 2 N–H and O–H groups in total. The van der Waals surface area contributed by atoms with Crippen LogP contribution in [0.3, 0.4) is 0 Å². The molecule has 0 aliphatic rings. The van der Waals surface area contributed by atoms with E-state index in [-0.39, 0.29) is 24.0 Å². The highest BCUT2D eigenvalue weighted by atomic mass is 127. The number of hydrogen-bond donors (Lipinski definition) is 2. The third-order valence-corrected chi connectivity index (χ3v) is 3.57. The van der Waals surface area contributed by atoms with Gasteiger partial charge in [0.2, 0.25) is 0 Å². The van der Waals surface area contributed by atoms with Crippen molar-refractivity contribution in [3.05, 3.63) is 36.2 Å². The molecule has 0 fully saturated rings.